The molecular weight excluding hydrogens is 648 g/mol. The second-order valence-electron chi connectivity index (χ2n) is 16.2. The first-order chi connectivity index (χ1) is 25.4. The van der Waals surface area contributed by atoms with Gasteiger partial charge in [-0.1, -0.05) is 214 Å². The Labute approximate surface area is 323 Å². The van der Waals surface area contributed by atoms with Gasteiger partial charge in [0.25, 0.3) is 0 Å². The molecule has 6 nitrogen and oxygen atoms in total. The van der Waals surface area contributed by atoms with Crippen LogP contribution in [0, 0.1) is 5.92 Å². The summed E-state index contributed by atoms with van der Waals surface area (Å²) in [6.45, 7) is 8.96. The van der Waals surface area contributed by atoms with Crippen LogP contribution in [-0.2, 0) is 28.6 Å². The van der Waals surface area contributed by atoms with E-state index in [1.165, 1.54) is 148 Å². The maximum absolute atomic E-state index is 12.7. The first-order valence-electron chi connectivity index (χ1n) is 22.9. The van der Waals surface area contributed by atoms with Crippen molar-refractivity contribution in [3.8, 4) is 0 Å². The maximum atomic E-state index is 12.7. The molecule has 0 aliphatic carbocycles. The molecule has 0 spiro atoms. The van der Waals surface area contributed by atoms with Crippen LogP contribution < -0.4 is 0 Å². The Hall–Kier alpha value is -1.59. The van der Waals surface area contributed by atoms with Crippen LogP contribution in [0.1, 0.15) is 252 Å². The lowest BCUT2D eigenvalue weighted by molar-refractivity contribution is -0.167. The number of rotatable bonds is 41. The van der Waals surface area contributed by atoms with Gasteiger partial charge in [0, 0.05) is 19.3 Å². The molecule has 0 heterocycles. The molecule has 0 amide bonds. The summed E-state index contributed by atoms with van der Waals surface area (Å²) in [4.78, 5) is 37.6. The normalized spacial score (nSPS) is 11.9. The van der Waals surface area contributed by atoms with Gasteiger partial charge >= 0.3 is 17.9 Å². The van der Waals surface area contributed by atoms with Crippen LogP contribution in [0.4, 0.5) is 0 Å². The molecule has 0 saturated carbocycles. The van der Waals surface area contributed by atoms with Gasteiger partial charge in [0.2, 0.25) is 0 Å². The summed E-state index contributed by atoms with van der Waals surface area (Å²) < 4.78 is 16.7. The lowest BCUT2D eigenvalue weighted by Gasteiger charge is -2.18. The van der Waals surface area contributed by atoms with E-state index in [0.717, 1.165) is 63.7 Å². The molecule has 0 bridgehead atoms. The van der Waals surface area contributed by atoms with E-state index < -0.39 is 6.10 Å². The van der Waals surface area contributed by atoms with E-state index in [1.807, 2.05) is 0 Å². The van der Waals surface area contributed by atoms with Crippen LogP contribution in [0.2, 0.25) is 0 Å². The second-order valence-corrected chi connectivity index (χ2v) is 16.2. The van der Waals surface area contributed by atoms with E-state index in [4.69, 9.17) is 14.2 Å². The molecule has 308 valence electrons. The van der Waals surface area contributed by atoms with Crippen molar-refractivity contribution in [3.63, 3.8) is 0 Å². The van der Waals surface area contributed by atoms with E-state index in [0.29, 0.717) is 19.3 Å². The lowest BCUT2D eigenvalue weighted by Crippen LogP contribution is -2.30. The minimum absolute atomic E-state index is 0.0640. The first kappa shape index (κ1) is 50.4. The highest BCUT2D eigenvalue weighted by atomic mass is 16.6. The van der Waals surface area contributed by atoms with Gasteiger partial charge in [-0.15, -0.1) is 0 Å². The van der Waals surface area contributed by atoms with Crippen LogP contribution in [0.5, 0.6) is 0 Å². The van der Waals surface area contributed by atoms with Gasteiger partial charge in [-0.3, -0.25) is 14.4 Å². The standard InChI is InChI=1S/C46H88O6/c1-5-7-9-11-13-14-18-23-27-31-35-39-46(49)52-43(40-50-44(47)37-33-29-24-12-10-8-6-2)41-51-45(48)38-34-30-26-22-20-17-15-16-19-21-25-28-32-36-42(3)4/h42-43H,5-41H2,1-4H3/t43-/m0/s1. The Bertz CT molecular complexity index is 781. The van der Waals surface area contributed by atoms with Gasteiger partial charge in [0.15, 0.2) is 6.10 Å². The highest BCUT2D eigenvalue weighted by molar-refractivity contribution is 5.71. The molecule has 0 aromatic rings. The number of ether oxygens (including phenoxy) is 3. The Kier molecular flexibility index (Phi) is 39.4. The van der Waals surface area contributed by atoms with E-state index in [9.17, 15) is 14.4 Å². The summed E-state index contributed by atoms with van der Waals surface area (Å²) in [6.07, 6.45) is 39.5. The Morgan fingerprint density at radius 3 is 0.942 bits per heavy atom. The predicted octanol–water partition coefficient (Wildman–Crippen LogP) is 14.3. The maximum Gasteiger partial charge on any atom is 0.306 e. The molecule has 0 fully saturated rings. The van der Waals surface area contributed by atoms with Crippen LogP contribution in [0.15, 0.2) is 0 Å². The molecule has 0 aliphatic heterocycles. The minimum Gasteiger partial charge on any atom is -0.462 e. The molecule has 0 rings (SSSR count). The van der Waals surface area contributed by atoms with Crippen molar-refractivity contribution < 1.29 is 28.6 Å². The van der Waals surface area contributed by atoms with Gasteiger partial charge in [-0.25, -0.2) is 0 Å². The SMILES string of the molecule is CCCCCCCCCCCCCC(=O)O[C@@H](COC(=O)CCCCCCCCC)COC(=O)CCCCCCCCCCCCCCCC(C)C. The highest BCUT2D eigenvalue weighted by Crippen LogP contribution is 2.16. The van der Waals surface area contributed by atoms with Crippen molar-refractivity contribution in [2.45, 2.75) is 259 Å². The average molecular weight is 737 g/mol. The fraction of sp³-hybridized carbons (Fsp3) is 0.935. The largest absolute Gasteiger partial charge is 0.462 e. The minimum atomic E-state index is -0.757. The third-order valence-electron chi connectivity index (χ3n) is 10.3. The molecule has 6 heteroatoms. The van der Waals surface area contributed by atoms with Gasteiger partial charge in [-0.2, -0.15) is 0 Å². The molecule has 52 heavy (non-hydrogen) atoms. The number of carbonyl (C=O) groups excluding carboxylic acids is 3. The van der Waals surface area contributed by atoms with Crippen LogP contribution in [0.25, 0.3) is 0 Å². The number of hydrogen-bond donors (Lipinski definition) is 0. The monoisotopic (exact) mass is 737 g/mol. The highest BCUT2D eigenvalue weighted by Gasteiger charge is 2.19. The van der Waals surface area contributed by atoms with Crippen molar-refractivity contribution >= 4 is 17.9 Å². The first-order valence-corrected chi connectivity index (χ1v) is 22.9. The summed E-state index contributed by atoms with van der Waals surface area (Å²) >= 11 is 0. The van der Waals surface area contributed by atoms with E-state index in [2.05, 4.69) is 27.7 Å². The predicted molar refractivity (Wildman–Crippen MR) is 220 cm³/mol. The van der Waals surface area contributed by atoms with E-state index >= 15 is 0 Å². The Morgan fingerprint density at radius 1 is 0.365 bits per heavy atom. The van der Waals surface area contributed by atoms with E-state index in [1.54, 1.807) is 0 Å². The van der Waals surface area contributed by atoms with Gasteiger partial charge in [0.05, 0.1) is 0 Å². The van der Waals surface area contributed by atoms with Crippen molar-refractivity contribution in [1.82, 2.24) is 0 Å². The third kappa shape index (κ3) is 39.6. The molecule has 0 aromatic carbocycles. The zero-order valence-corrected chi connectivity index (χ0v) is 35.3. The molecule has 0 radical (unpaired) electrons. The number of unbranched alkanes of at least 4 members (excludes halogenated alkanes) is 28. The number of hydrogen-bond acceptors (Lipinski definition) is 6. The summed E-state index contributed by atoms with van der Waals surface area (Å²) in [5.41, 5.74) is 0. The lowest BCUT2D eigenvalue weighted by atomic mass is 10.0. The van der Waals surface area contributed by atoms with Crippen molar-refractivity contribution in [3.05, 3.63) is 0 Å². The van der Waals surface area contributed by atoms with Gasteiger partial charge in [-0.05, 0) is 25.2 Å². The van der Waals surface area contributed by atoms with Crippen molar-refractivity contribution in [2.24, 2.45) is 5.92 Å². The van der Waals surface area contributed by atoms with Gasteiger partial charge in [0.1, 0.15) is 13.2 Å². The van der Waals surface area contributed by atoms with Crippen LogP contribution in [-0.4, -0.2) is 37.2 Å². The number of esters is 3. The van der Waals surface area contributed by atoms with Gasteiger partial charge < -0.3 is 14.2 Å². The molecule has 0 unspecified atom stereocenters. The molecule has 0 N–H and O–H groups in total. The van der Waals surface area contributed by atoms with Crippen molar-refractivity contribution in [2.75, 3.05) is 13.2 Å². The molecule has 0 aromatic heterocycles. The molecular formula is C46H88O6. The van der Waals surface area contributed by atoms with Crippen LogP contribution >= 0.6 is 0 Å². The quantitative estimate of drug-likeness (QED) is 0.0353. The summed E-state index contributed by atoms with van der Waals surface area (Å²) in [6, 6.07) is 0. The fourth-order valence-corrected chi connectivity index (χ4v) is 6.80. The topological polar surface area (TPSA) is 78.9 Å². The zero-order chi connectivity index (χ0) is 38.2. The van der Waals surface area contributed by atoms with Crippen LogP contribution in [0.3, 0.4) is 0 Å². The number of carbonyl (C=O) groups is 3. The third-order valence-corrected chi connectivity index (χ3v) is 10.3. The Morgan fingerprint density at radius 2 is 0.635 bits per heavy atom. The zero-order valence-electron chi connectivity index (χ0n) is 35.3. The molecule has 1 atom stereocenters. The fourth-order valence-electron chi connectivity index (χ4n) is 6.80. The second kappa shape index (κ2) is 40.6. The average Bonchev–Trinajstić information content (AvgIpc) is 3.12. The summed E-state index contributed by atoms with van der Waals surface area (Å²) in [5.74, 6) is -0.0205. The van der Waals surface area contributed by atoms with E-state index in [-0.39, 0.29) is 31.1 Å². The van der Waals surface area contributed by atoms with Crippen molar-refractivity contribution in [1.29, 1.82) is 0 Å². The molecule has 0 saturated heterocycles. The smallest absolute Gasteiger partial charge is 0.306 e. The Balaban J connectivity index is 4.23. The summed E-state index contributed by atoms with van der Waals surface area (Å²) in [5, 5.41) is 0. The summed E-state index contributed by atoms with van der Waals surface area (Å²) in [7, 11) is 0. The molecule has 0 aliphatic rings.